The van der Waals surface area contributed by atoms with Gasteiger partial charge in [0.05, 0.1) is 13.0 Å². The second-order valence-electron chi connectivity index (χ2n) is 3.05. The van der Waals surface area contributed by atoms with Crippen molar-refractivity contribution in [3.05, 3.63) is 5.82 Å². The first-order valence-corrected chi connectivity index (χ1v) is 4.71. The van der Waals surface area contributed by atoms with Crippen molar-refractivity contribution in [3.8, 4) is 0 Å². The monoisotopic (exact) mass is 198 g/mol. The van der Waals surface area contributed by atoms with Gasteiger partial charge in [0.25, 0.3) is 0 Å². The fourth-order valence-corrected chi connectivity index (χ4v) is 0.989. The molecule has 0 unspecified atom stereocenters. The molecule has 0 saturated carbocycles. The van der Waals surface area contributed by atoms with Gasteiger partial charge in [0.1, 0.15) is 0 Å². The topological polar surface area (TPSA) is 80.9 Å². The van der Waals surface area contributed by atoms with E-state index in [-0.39, 0.29) is 6.42 Å². The van der Waals surface area contributed by atoms with E-state index in [0.29, 0.717) is 12.2 Å². The normalized spacial score (nSPS) is 10.4. The van der Waals surface area contributed by atoms with Crippen molar-refractivity contribution in [3.63, 3.8) is 0 Å². The van der Waals surface area contributed by atoms with E-state index < -0.39 is 5.97 Å². The third-order valence-corrected chi connectivity index (χ3v) is 1.77. The number of unbranched alkanes of at least 4 members (excludes halogenated alkanes) is 1. The summed E-state index contributed by atoms with van der Waals surface area (Å²) in [7, 11) is 0. The van der Waals surface area contributed by atoms with E-state index in [1.807, 2.05) is 0 Å². The largest absolute Gasteiger partial charge is 0.481 e. The molecule has 1 aromatic heterocycles. The molecule has 0 atom stereocenters. The Morgan fingerprint density at radius 1 is 1.57 bits per heavy atom. The van der Waals surface area contributed by atoms with Gasteiger partial charge >= 0.3 is 5.97 Å². The van der Waals surface area contributed by atoms with E-state index >= 15 is 0 Å². The van der Waals surface area contributed by atoms with Crippen molar-refractivity contribution in [2.45, 2.75) is 39.2 Å². The second-order valence-corrected chi connectivity index (χ2v) is 3.05. The van der Waals surface area contributed by atoms with Gasteiger partial charge in [-0.1, -0.05) is 13.3 Å². The van der Waals surface area contributed by atoms with Gasteiger partial charge in [-0.15, -0.1) is 10.2 Å². The van der Waals surface area contributed by atoms with Crippen molar-refractivity contribution >= 4 is 5.97 Å². The molecule has 0 amide bonds. The molecule has 0 bridgehead atoms. The summed E-state index contributed by atoms with van der Waals surface area (Å²) >= 11 is 0. The van der Waals surface area contributed by atoms with Crippen LogP contribution in [-0.4, -0.2) is 31.3 Å². The van der Waals surface area contributed by atoms with E-state index in [9.17, 15) is 4.79 Å². The predicted octanol–water partition coefficient (Wildman–Crippen LogP) is 0.490. The number of aryl methyl sites for hydroxylation is 2. The minimum atomic E-state index is -0.838. The highest BCUT2D eigenvalue weighted by molar-refractivity contribution is 5.66. The molecular weight excluding hydrogens is 184 g/mol. The molecule has 78 valence electrons. The molecule has 1 N–H and O–H groups in total. The highest BCUT2D eigenvalue weighted by Gasteiger charge is 2.04. The summed E-state index contributed by atoms with van der Waals surface area (Å²) < 4.78 is 0. The Morgan fingerprint density at radius 2 is 2.36 bits per heavy atom. The minimum absolute atomic E-state index is 0.0550. The van der Waals surface area contributed by atoms with Crippen LogP contribution in [0, 0.1) is 0 Å². The number of hydrogen-bond acceptors (Lipinski definition) is 4. The van der Waals surface area contributed by atoms with Gasteiger partial charge in [0.2, 0.25) is 0 Å². The summed E-state index contributed by atoms with van der Waals surface area (Å²) in [5.74, 6) is -0.335. The number of hydrogen-bond donors (Lipinski definition) is 1. The van der Waals surface area contributed by atoms with Gasteiger partial charge in [-0.3, -0.25) is 4.79 Å². The summed E-state index contributed by atoms with van der Waals surface area (Å²) in [6.45, 7) is 2.83. The third-order valence-electron chi connectivity index (χ3n) is 1.77. The van der Waals surface area contributed by atoms with Gasteiger partial charge < -0.3 is 5.11 Å². The highest BCUT2D eigenvalue weighted by atomic mass is 16.4. The number of rotatable bonds is 6. The van der Waals surface area contributed by atoms with Crippen LogP contribution in [0.15, 0.2) is 0 Å². The molecule has 0 aliphatic heterocycles. The molecular formula is C8H14N4O2. The fraction of sp³-hybridized carbons (Fsp3) is 0.750. The van der Waals surface area contributed by atoms with Gasteiger partial charge in [-0.2, -0.15) is 4.80 Å². The van der Waals surface area contributed by atoms with E-state index in [4.69, 9.17) is 5.11 Å². The van der Waals surface area contributed by atoms with Gasteiger partial charge in [-0.25, -0.2) is 0 Å². The van der Waals surface area contributed by atoms with Gasteiger partial charge in [0.15, 0.2) is 5.82 Å². The number of carboxylic acids is 1. The number of aromatic nitrogens is 4. The number of carboxylic acid groups (broad SMARTS) is 1. The van der Waals surface area contributed by atoms with Crippen LogP contribution < -0.4 is 0 Å². The molecule has 14 heavy (non-hydrogen) atoms. The Kier molecular flexibility index (Phi) is 4.03. The molecule has 0 radical (unpaired) electrons. The average Bonchev–Trinajstić information content (AvgIpc) is 2.59. The standard InChI is InChI=1S/C8H14N4O2/c1-2-3-6-12-10-7(9-11-12)4-5-8(13)14/h2-6H2,1H3,(H,13,14). The second kappa shape index (κ2) is 5.31. The zero-order chi connectivity index (χ0) is 10.4. The lowest BCUT2D eigenvalue weighted by atomic mass is 10.3. The predicted molar refractivity (Wildman–Crippen MR) is 48.7 cm³/mol. The summed E-state index contributed by atoms with van der Waals surface area (Å²) in [6, 6.07) is 0. The van der Waals surface area contributed by atoms with Crippen molar-refractivity contribution in [1.82, 2.24) is 20.2 Å². The molecule has 6 nitrogen and oxygen atoms in total. The lowest BCUT2D eigenvalue weighted by Gasteiger charge is -1.93. The van der Waals surface area contributed by atoms with Crippen LogP contribution in [0.4, 0.5) is 0 Å². The minimum Gasteiger partial charge on any atom is -0.481 e. The first kappa shape index (κ1) is 10.6. The number of carbonyl (C=O) groups is 1. The molecule has 1 rings (SSSR count). The first-order valence-electron chi connectivity index (χ1n) is 4.71. The lowest BCUT2D eigenvalue weighted by Crippen LogP contribution is -2.03. The number of tetrazole rings is 1. The zero-order valence-corrected chi connectivity index (χ0v) is 8.18. The zero-order valence-electron chi connectivity index (χ0n) is 8.18. The fourth-order valence-electron chi connectivity index (χ4n) is 0.989. The van der Waals surface area contributed by atoms with E-state index in [0.717, 1.165) is 19.4 Å². The van der Waals surface area contributed by atoms with Crippen molar-refractivity contribution in [2.75, 3.05) is 0 Å². The van der Waals surface area contributed by atoms with Gasteiger partial charge in [-0.05, 0) is 11.6 Å². The molecule has 6 heteroatoms. The Labute approximate surface area is 81.9 Å². The van der Waals surface area contributed by atoms with E-state index in [1.54, 1.807) is 0 Å². The van der Waals surface area contributed by atoms with Crippen LogP contribution >= 0.6 is 0 Å². The van der Waals surface area contributed by atoms with Crippen LogP contribution in [-0.2, 0) is 17.8 Å². The Balaban J connectivity index is 2.38. The highest BCUT2D eigenvalue weighted by Crippen LogP contribution is 1.95. The van der Waals surface area contributed by atoms with Crippen molar-refractivity contribution in [1.29, 1.82) is 0 Å². The molecule has 0 aliphatic carbocycles. The molecule has 0 aliphatic rings. The SMILES string of the molecule is CCCCn1nnc(CCC(=O)O)n1. The van der Waals surface area contributed by atoms with Crippen LogP contribution in [0.5, 0.6) is 0 Å². The molecule has 1 aromatic rings. The molecule has 0 aromatic carbocycles. The molecule has 0 saturated heterocycles. The maximum Gasteiger partial charge on any atom is 0.303 e. The van der Waals surface area contributed by atoms with Crippen LogP contribution in [0.3, 0.4) is 0 Å². The van der Waals surface area contributed by atoms with Crippen LogP contribution in [0.1, 0.15) is 32.0 Å². The maximum atomic E-state index is 10.3. The number of nitrogens with zero attached hydrogens (tertiary/aromatic N) is 4. The van der Waals surface area contributed by atoms with E-state index in [1.165, 1.54) is 4.80 Å². The summed E-state index contributed by atoms with van der Waals surface area (Å²) in [6.07, 6.45) is 2.49. The van der Waals surface area contributed by atoms with Crippen LogP contribution in [0.25, 0.3) is 0 Å². The smallest absolute Gasteiger partial charge is 0.303 e. The van der Waals surface area contributed by atoms with Gasteiger partial charge in [0, 0.05) is 6.42 Å². The van der Waals surface area contributed by atoms with Crippen molar-refractivity contribution < 1.29 is 9.90 Å². The summed E-state index contributed by atoms with van der Waals surface area (Å²) in [5.41, 5.74) is 0. The van der Waals surface area contributed by atoms with E-state index in [2.05, 4.69) is 22.3 Å². The summed E-state index contributed by atoms with van der Waals surface area (Å²) in [5, 5.41) is 20.1. The maximum absolute atomic E-state index is 10.3. The molecule has 1 heterocycles. The Morgan fingerprint density at radius 3 is 3.00 bits per heavy atom. The Bertz CT molecular complexity index is 297. The third kappa shape index (κ3) is 3.51. The van der Waals surface area contributed by atoms with Crippen LogP contribution in [0.2, 0.25) is 0 Å². The average molecular weight is 198 g/mol. The van der Waals surface area contributed by atoms with Crippen molar-refractivity contribution in [2.24, 2.45) is 0 Å². The lowest BCUT2D eigenvalue weighted by molar-refractivity contribution is -0.137. The number of aliphatic carboxylic acids is 1. The summed E-state index contributed by atoms with van der Waals surface area (Å²) in [4.78, 5) is 11.8. The quantitative estimate of drug-likeness (QED) is 0.719. The Hall–Kier alpha value is -1.46. The molecule has 0 fully saturated rings. The molecule has 0 spiro atoms. The first-order chi connectivity index (χ1) is 6.72.